The Morgan fingerprint density at radius 3 is 2.33 bits per heavy atom. The molecule has 5 rings (SSSR count). The number of carbonyl (C=O) groups is 2. The Kier molecular flexibility index (Phi) is 11.5. The zero-order valence-electron chi connectivity index (χ0n) is 26.8. The maximum Gasteiger partial charge on any atom is 0.254 e. The molecule has 1 saturated heterocycles. The molecular weight excluding hydrogens is 579 g/mol. The lowest BCUT2D eigenvalue weighted by molar-refractivity contribution is -0.133. The molecule has 1 aliphatic heterocycles. The van der Waals surface area contributed by atoms with Crippen LogP contribution in [-0.2, 0) is 11.2 Å². The second-order valence-corrected chi connectivity index (χ2v) is 13.1. The molecule has 2 amide bonds. The number of rotatable bonds is 13. The van der Waals surface area contributed by atoms with Crippen molar-refractivity contribution in [1.29, 1.82) is 0 Å². The van der Waals surface area contributed by atoms with Crippen LogP contribution in [0.2, 0.25) is 0 Å². The van der Waals surface area contributed by atoms with Gasteiger partial charge in [0.1, 0.15) is 0 Å². The molecule has 0 aliphatic carbocycles. The summed E-state index contributed by atoms with van der Waals surface area (Å²) in [6.07, 6.45) is 7.22. The molecule has 1 aromatic heterocycles. The fourth-order valence-corrected chi connectivity index (χ4v) is 6.72. The van der Waals surface area contributed by atoms with E-state index in [4.69, 9.17) is 0 Å². The van der Waals surface area contributed by atoms with Crippen LogP contribution < -0.4 is 0 Å². The summed E-state index contributed by atoms with van der Waals surface area (Å²) < 4.78 is 2.10. The standard InChI is InChI=1S/C37H45N5O2S/c1-4-5-6-8-12-30-18-20-32(21-19-30)36(44)41-25-24-40(27-29(41)3)34(43)15-11-26-45-37-39-38-35(31-13-9-7-10-14-31)42(37)33-22-16-28(2)17-23-33/h7,9-10,13-14,16-23,29H,4-6,8,11-12,15,24-27H2,1-3H3. The molecule has 8 heteroatoms. The number of unbranched alkanes of at least 4 members (excludes halogenated alkanes) is 3. The van der Waals surface area contributed by atoms with E-state index >= 15 is 0 Å². The number of amides is 2. The molecular formula is C37H45N5O2S. The van der Waals surface area contributed by atoms with Crippen LogP contribution in [0.25, 0.3) is 17.1 Å². The number of carbonyl (C=O) groups excluding carboxylic acids is 2. The predicted octanol–water partition coefficient (Wildman–Crippen LogP) is 7.61. The largest absolute Gasteiger partial charge is 0.339 e. The topological polar surface area (TPSA) is 71.3 Å². The smallest absolute Gasteiger partial charge is 0.254 e. The molecule has 45 heavy (non-hydrogen) atoms. The van der Waals surface area contributed by atoms with Gasteiger partial charge in [0.05, 0.1) is 0 Å². The molecule has 7 nitrogen and oxygen atoms in total. The van der Waals surface area contributed by atoms with Crippen LogP contribution in [0.1, 0.15) is 73.9 Å². The zero-order valence-corrected chi connectivity index (χ0v) is 27.6. The summed E-state index contributed by atoms with van der Waals surface area (Å²) in [5, 5.41) is 9.87. The third-order valence-corrected chi connectivity index (χ3v) is 9.50. The van der Waals surface area contributed by atoms with Gasteiger partial charge in [-0.05, 0) is 62.9 Å². The molecule has 236 valence electrons. The molecule has 0 saturated carbocycles. The van der Waals surface area contributed by atoms with Crippen molar-refractivity contribution >= 4 is 23.6 Å². The molecule has 1 atom stereocenters. The maximum atomic E-state index is 13.3. The number of piperazine rings is 1. The molecule has 3 aromatic carbocycles. The van der Waals surface area contributed by atoms with Crippen LogP contribution in [-0.4, -0.2) is 67.8 Å². The third-order valence-electron chi connectivity index (χ3n) is 8.48. The summed E-state index contributed by atoms with van der Waals surface area (Å²) in [6, 6.07) is 26.5. The van der Waals surface area contributed by atoms with Crippen molar-refractivity contribution in [2.45, 2.75) is 76.9 Å². The van der Waals surface area contributed by atoms with E-state index < -0.39 is 0 Å². The first-order valence-electron chi connectivity index (χ1n) is 16.3. The quantitative estimate of drug-likeness (QED) is 0.113. The van der Waals surface area contributed by atoms with Crippen LogP contribution in [0, 0.1) is 6.92 Å². The van der Waals surface area contributed by atoms with Gasteiger partial charge in [0.25, 0.3) is 5.91 Å². The van der Waals surface area contributed by atoms with Gasteiger partial charge in [0, 0.05) is 54.7 Å². The summed E-state index contributed by atoms with van der Waals surface area (Å²) in [6.45, 7) is 8.03. The van der Waals surface area contributed by atoms with Crippen LogP contribution in [0.15, 0.2) is 84.0 Å². The zero-order chi connectivity index (χ0) is 31.6. The van der Waals surface area contributed by atoms with Crippen LogP contribution in [0.3, 0.4) is 0 Å². The Hall–Kier alpha value is -3.91. The second-order valence-electron chi connectivity index (χ2n) is 12.0. The van der Waals surface area contributed by atoms with E-state index in [1.54, 1.807) is 11.8 Å². The lowest BCUT2D eigenvalue weighted by Gasteiger charge is -2.40. The van der Waals surface area contributed by atoms with Crippen LogP contribution in [0.4, 0.5) is 0 Å². The number of nitrogens with zero attached hydrogens (tertiary/aromatic N) is 5. The van der Waals surface area contributed by atoms with Crippen molar-refractivity contribution < 1.29 is 9.59 Å². The van der Waals surface area contributed by atoms with Crippen molar-refractivity contribution in [2.24, 2.45) is 0 Å². The molecule has 0 spiro atoms. The van der Waals surface area contributed by atoms with Gasteiger partial charge in [-0.15, -0.1) is 10.2 Å². The molecule has 0 N–H and O–H groups in total. The first-order chi connectivity index (χ1) is 21.9. The predicted molar refractivity (Wildman–Crippen MR) is 183 cm³/mol. The van der Waals surface area contributed by atoms with E-state index in [2.05, 4.69) is 65.0 Å². The van der Waals surface area contributed by atoms with Gasteiger partial charge in [0.15, 0.2) is 11.0 Å². The van der Waals surface area contributed by atoms with Gasteiger partial charge in [-0.2, -0.15) is 0 Å². The molecule has 0 bridgehead atoms. The Labute approximate surface area is 272 Å². The second kappa shape index (κ2) is 15.9. The fraction of sp³-hybridized carbons (Fsp3) is 0.405. The third kappa shape index (κ3) is 8.42. The van der Waals surface area contributed by atoms with E-state index in [0.29, 0.717) is 26.1 Å². The maximum absolute atomic E-state index is 13.3. The normalized spacial score (nSPS) is 15.0. The highest BCUT2D eigenvalue weighted by atomic mass is 32.2. The summed E-state index contributed by atoms with van der Waals surface area (Å²) in [7, 11) is 0. The Balaban J connectivity index is 1.11. The van der Waals surface area contributed by atoms with Gasteiger partial charge in [0.2, 0.25) is 5.91 Å². The van der Waals surface area contributed by atoms with Crippen molar-refractivity contribution in [3.05, 3.63) is 95.6 Å². The minimum Gasteiger partial charge on any atom is -0.339 e. The monoisotopic (exact) mass is 623 g/mol. The van der Waals surface area contributed by atoms with Crippen molar-refractivity contribution in [3.63, 3.8) is 0 Å². The summed E-state index contributed by atoms with van der Waals surface area (Å²) in [5.74, 6) is 1.76. The van der Waals surface area contributed by atoms with Gasteiger partial charge in [-0.3, -0.25) is 14.2 Å². The molecule has 1 aliphatic rings. The Morgan fingerprint density at radius 2 is 1.62 bits per heavy atom. The number of aryl methyl sites for hydroxylation is 2. The lowest BCUT2D eigenvalue weighted by atomic mass is 10.0. The Bertz CT molecular complexity index is 1540. The molecule has 1 fully saturated rings. The van der Waals surface area contributed by atoms with Gasteiger partial charge in [-0.1, -0.05) is 98.1 Å². The highest BCUT2D eigenvalue weighted by Crippen LogP contribution is 2.29. The van der Waals surface area contributed by atoms with E-state index in [1.165, 1.54) is 36.8 Å². The number of aromatic nitrogens is 3. The first-order valence-corrected chi connectivity index (χ1v) is 17.3. The van der Waals surface area contributed by atoms with Crippen molar-refractivity contribution in [2.75, 3.05) is 25.4 Å². The Morgan fingerprint density at radius 1 is 0.867 bits per heavy atom. The van der Waals surface area contributed by atoms with E-state index in [1.807, 2.05) is 59.2 Å². The van der Waals surface area contributed by atoms with Crippen LogP contribution in [0.5, 0.6) is 0 Å². The highest BCUT2D eigenvalue weighted by molar-refractivity contribution is 7.99. The molecule has 1 unspecified atom stereocenters. The van der Waals surface area contributed by atoms with Gasteiger partial charge < -0.3 is 9.80 Å². The van der Waals surface area contributed by atoms with E-state index in [0.717, 1.165) is 46.4 Å². The fourth-order valence-electron chi connectivity index (χ4n) is 5.83. The van der Waals surface area contributed by atoms with E-state index in [9.17, 15) is 9.59 Å². The highest BCUT2D eigenvalue weighted by Gasteiger charge is 2.30. The molecule has 0 radical (unpaired) electrons. The average molecular weight is 624 g/mol. The SMILES string of the molecule is CCCCCCc1ccc(C(=O)N2CCN(C(=O)CCCSc3nnc(-c4ccccc4)n3-c3ccc(C)cc3)CC2C)cc1. The molecule has 4 aromatic rings. The summed E-state index contributed by atoms with van der Waals surface area (Å²) >= 11 is 1.63. The lowest BCUT2D eigenvalue weighted by Crippen LogP contribution is -2.55. The van der Waals surface area contributed by atoms with Gasteiger partial charge in [-0.25, -0.2) is 0 Å². The number of thioether (sulfide) groups is 1. The molecule has 2 heterocycles. The number of benzene rings is 3. The van der Waals surface area contributed by atoms with Gasteiger partial charge >= 0.3 is 0 Å². The van der Waals surface area contributed by atoms with Crippen molar-refractivity contribution in [1.82, 2.24) is 24.6 Å². The average Bonchev–Trinajstić information content (AvgIpc) is 3.49. The minimum atomic E-state index is -0.0252. The number of hydrogen-bond donors (Lipinski definition) is 0. The van der Waals surface area contributed by atoms with E-state index in [-0.39, 0.29) is 17.9 Å². The minimum absolute atomic E-state index is 0.0252. The van der Waals surface area contributed by atoms with Crippen molar-refractivity contribution in [3.8, 4) is 17.1 Å². The number of hydrogen-bond acceptors (Lipinski definition) is 5. The summed E-state index contributed by atoms with van der Waals surface area (Å²) in [5.41, 5.74) is 5.24. The summed E-state index contributed by atoms with van der Waals surface area (Å²) in [4.78, 5) is 30.3. The van der Waals surface area contributed by atoms with Crippen LogP contribution >= 0.6 is 11.8 Å². The first kappa shape index (κ1) is 32.5.